The lowest BCUT2D eigenvalue weighted by Crippen LogP contribution is -2.25. The number of rotatable bonds is 0. The van der Waals surface area contributed by atoms with Crippen molar-refractivity contribution < 1.29 is 0 Å². The third-order valence-electron chi connectivity index (χ3n) is 20.2. The minimum atomic E-state index is 0.160. The van der Waals surface area contributed by atoms with Crippen molar-refractivity contribution >= 4 is 34.0 Å². The summed E-state index contributed by atoms with van der Waals surface area (Å²) in [5.41, 5.74) is 15.1. The van der Waals surface area contributed by atoms with Crippen LogP contribution in [0.3, 0.4) is 0 Å². The maximum absolute atomic E-state index is 4.44. The molecule has 0 atom stereocenters. The Bertz CT molecular complexity index is 3640. The number of aryl methyl sites for hydroxylation is 3. The molecule has 0 amide bonds. The highest BCUT2D eigenvalue weighted by molar-refractivity contribution is 7.10. The summed E-state index contributed by atoms with van der Waals surface area (Å²) < 4.78 is 0. The Morgan fingerprint density at radius 3 is 1.00 bits per heavy atom. The standard InChI is InChI=1S/C10H15N.C10H20.C9H14N2.3C9H13N.C8H12N2.C8H13NS.2C8H12S.C8H18.C7H14/c1-8-6-5-7-9(11-8)10(2,3)4;1-10(2,3)9-7-5-4-6-8-9;1-7-10-5-8(6-11-7)9(2,3)4;1-9(2,3)8-4-6-10-7-5-8;1-9(2,3)8-5-4-6-10-7-8;1-9(2,3)8-6-4-5-7-10-8;1-8(2,3)7-4-9-6-10-5-7;1-6-9-7(5-10-6)8(2,3)4;1-8(2,3)7-4-5-9-6-7;1-8(2,3)7-5-4-6-9-7;1-7(2,3)8(4,5)6;1-7(2,3)6-4-5-6/h5-7H,1-4H3;9H,4-8H2,1-3H3;5-6H,1-4H3;3*4-7H,1-3H3;4-6H,1-3H3;5H,1-4H3;2*4-6H,1-3H3;1-6H3;6H,4-5H2,1-3H3. The van der Waals surface area contributed by atoms with Crippen LogP contribution < -0.4 is 0 Å². The minimum absolute atomic E-state index is 0.160. The predicted molar refractivity (Wildman–Crippen MR) is 511 cm³/mol. The van der Waals surface area contributed by atoms with E-state index in [0.717, 1.165) is 39.7 Å². The molecular weight excluding hydrogens is 1460 g/mol. The highest BCUT2D eigenvalue weighted by Gasteiger charge is 2.33. The molecule has 0 saturated heterocycles. The first-order valence-electron chi connectivity index (χ1n) is 42.3. The molecule has 11 rings (SSSR count). The zero-order chi connectivity index (χ0) is 89.1. The van der Waals surface area contributed by atoms with Crippen LogP contribution in [0.15, 0.2) is 162 Å². The van der Waals surface area contributed by atoms with Gasteiger partial charge in [-0.25, -0.2) is 24.9 Å². The molecule has 0 spiro atoms. The van der Waals surface area contributed by atoms with Gasteiger partial charge in [-0.15, -0.1) is 22.7 Å². The second kappa shape index (κ2) is 48.1. The Hall–Kier alpha value is -6.21. The first-order chi connectivity index (χ1) is 52.1. The fourth-order valence-electron chi connectivity index (χ4n) is 9.91. The highest BCUT2D eigenvalue weighted by atomic mass is 32.1. The molecule has 9 heterocycles. The van der Waals surface area contributed by atoms with E-state index in [9.17, 15) is 0 Å². The van der Waals surface area contributed by atoms with Gasteiger partial charge in [-0.1, -0.05) is 314 Å². The molecule has 644 valence electrons. The summed E-state index contributed by atoms with van der Waals surface area (Å²) in [4.78, 5) is 38.7. The maximum atomic E-state index is 4.44. The van der Waals surface area contributed by atoms with Gasteiger partial charge >= 0.3 is 0 Å². The van der Waals surface area contributed by atoms with E-state index in [1.165, 1.54) is 83.3 Å². The van der Waals surface area contributed by atoms with Crippen molar-refractivity contribution in [2.45, 2.75) is 384 Å². The number of aromatic nitrogens is 9. The van der Waals surface area contributed by atoms with E-state index in [0.29, 0.717) is 32.5 Å². The third kappa shape index (κ3) is 50.3. The van der Waals surface area contributed by atoms with Crippen molar-refractivity contribution in [1.82, 2.24) is 44.9 Å². The Morgan fingerprint density at radius 1 is 0.296 bits per heavy atom. The average molecular weight is 1630 g/mol. The summed E-state index contributed by atoms with van der Waals surface area (Å²) in [5.74, 6) is 2.88. The summed E-state index contributed by atoms with van der Waals surface area (Å²) in [6, 6.07) is 26.8. The fraction of sp³-hybridized carbons (Fsp3) is 0.621. The van der Waals surface area contributed by atoms with Crippen LogP contribution in [0, 0.1) is 54.3 Å². The van der Waals surface area contributed by atoms with Gasteiger partial charge in [-0.05, 0) is 211 Å². The zero-order valence-electron chi connectivity index (χ0n) is 81.4. The van der Waals surface area contributed by atoms with Crippen molar-refractivity contribution in [2.75, 3.05) is 0 Å². The molecule has 12 heteroatoms. The lowest BCUT2D eigenvalue weighted by atomic mass is 9.71. The topological polar surface area (TPSA) is 116 Å². The van der Waals surface area contributed by atoms with Gasteiger partial charge in [0.1, 0.15) is 12.2 Å². The van der Waals surface area contributed by atoms with E-state index < -0.39 is 0 Å². The number of thiazole rings is 1. The van der Waals surface area contributed by atoms with Crippen LogP contribution in [0.5, 0.6) is 0 Å². The fourth-order valence-corrected chi connectivity index (χ4v) is 12.5. The van der Waals surface area contributed by atoms with Gasteiger partial charge in [-0.2, -0.15) is 11.3 Å². The molecule has 115 heavy (non-hydrogen) atoms. The van der Waals surface area contributed by atoms with Crippen LogP contribution in [0.25, 0.3) is 0 Å². The number of nitrogens with zero attached hydrogens (tertiary/aromatic N) is 9. The maximum Gasteiger partial charge on any atom is 0.125 e. The summed E-state index contributed by atoms with van der Waals surface area (Å²) >= 11 is 5.32. The molecule has 9 aromatic rings. The van der Waals surface area contributed by atoms with E-state index >= 15 is 0 Å². The monoisotopic (exact) mass is 1630 g/mol. The number of hydrogen-bond acceptors (Lipinski definition) is 12. The number of hydrogen-bond donors (Lipinski definition) is 0. The van der Waals surface area contributed by atoms with Crippen LogP contribution in [-0.4, -0.2) is 44.9 Å². The minimum Gasteiger partial charge on any atom is -0.265 e. The Balaban J connectivity index is 0.00000123. The lowest BCUT2D eigenvalue weighted by Gasteiger charge is -2.34. The van der Waals surface area contributed by atoms with Crippen LogP contribution in [0.2, 0.25) is 0 Å². The van der Waals surface area contributed by atoms with E-state index in [2.05, 4.69) is 391 Å². The van der Waals surface area contributed by atoms with Crippen molar-refractivity contribution in [3.8, 4) is 0 Å². The van der Waals surface area contributed by atoms with Crippen LogP contribution in [0.4, 0.5) is 0 Å². The van der Waals surface area contributed by atoms with E-state index in [-0.39, 0.29) is 37.9 Å². The molecule has 0 N–H and O–H groups in total. The van der Waals surface area contributed by atoms with Gasteiger partial charge in [0.2, 0.25) is 0 Å². The van der Waals surface area contributed by atoms with Gasteiger partial charge in [-0.3, -0.25) is 19.9 Å². The van der Waals surface area contributed by atoms with Crippen molar-refractivity contribution in [3.63, 3.8) is 0 Å². The first kappa shape index (κ1) is 109. The second-order valence-corrected chi connectivity index (χ2v) is 47.1. The first-order valence-corrected chi connectivity index (χ1v) is 45.0. The van der Waals surface area contributed by atoms with Crippen molar-refractivity contribution in [2.24, 2.45) is 33.5 Å². The molecule has 0 bridgehead atoms. The normalized spacial score (nSPS) is 13.5. The zero-order valence-corrected chi connectivity index (χ0v) is 83.9. The van der Waals surface area contributed by atoms with Crippen LogP contribution in [0.1, 0.15) is 381 Å². The smallest absolute Gasteiger partial charge is 0.125 e. The molecule has 9 aromatic heterocycles. The molecule has 0 aromatic carbocycles. The third-order valence-corrected chi connectivity index (χ3v) is 22.9. The van der Waals surface area contributed by atoms with Gasteiger partial charge in [0.05, 0.1) is 10.7 Å². The van der Waals surface area contributed by atoms with Crippen molar-refractivity contribution in [1.29, 1.82) is 0 Å². The molecular formula is C103H169N9S3. The summed E-state index contributed by atoms with van der Waals surface area (Å²) in [6.45, 7) is 92.7. The molecule has 0 unspecified atom stereocenters. The molecule has 9 nitrogen and oxygen atoms in total. The summed E-state index contributed by atoms with van der Waals surface area (Å²) in [6.07, 6.45) is 28.6. The number of thiophene rings is 2. The quantitative estimate of drug-likeness (QED) is 0.146. The molecule has 2 aliphatic rings. The Kier molecular flexibility index (Phi) is 45.5. The molecule has 2 fully saturated rings. The van der Waals surface area contributed by atoms with Gasteiger partial charge in [0.15, 0.2) is 0 Å². The van der Waals surface area contributed by atoms with Gasteiger partial charge in [0, 0.05) is 99.4 Å². The van der Waals surface area contributed by atoms with Crippen LogP contribution >= 0.6 is 34.0 Å². The summed E-state index contributed by atoms with van der Waals surface area (Å²) in [5, 5.41) is 9.75. The van der Waals surface area contributed by atoms with E-state index in [1.54, 1.807) is 35.2 Å². The highest BCUT2D eigenvalue weighted by Crippen LogP contribution is 2.44. The van der Waals surface area contributed by atoms with E-state index in [4.69, 9.17) is 0 Å². The average Bonchev–Trinajstić information content (AvgIpc) is 1.77. The van der Waals surface area contributed by atoms with Gasteiger partial charge < -0.3 is 0 Å². The molecule has 2 saturated carbocycles. The number of pyridine rings is 4. The second-order valence-electron chi connectivity index (χ2n) is 44.3. The lowest BCUT2D eigenvalue weighted by molar-refractivity contribution is 0.157. The largest absolute Gasteiger partial charge is 0.265 e. The molecule has 0 radical (unpaired) electrons. The molecule has 2 aliphatic carbocycles. The van der Waals surface area contributed by atoms with Gasteiger partial charge in [0.25, 0.3) is 0 Å². The van der Waals surface area contributed by atoms with Crippen LogP contribution in [-0.2, 0) is 48.7 Å². The SMILES string of the molecule is CC(C)(C)C(C)(C)C.CC(C)(C)C1CC1.CC(C)(C)C1CCCCC1.CC(C)(C)c1ccccn1.CC(C)(C)c1cccnc1.CC(C)(C)c1cccs1.CC(C)(C)c1ccncc1.CC(C)(C)c1ccsc1.CC(C)(C)c1cncnc1.Cc1cccc(C(C)(C)C)n1.Cc1nc(C(C)(C)C)cs1.Cc1ncc(C(C)(C)C)cn1. The Morgan fingerprint density at radius 2 is 0.748 bits per heavy atom. The summed E-state index contributed by atoms with van der Waals surface area (Å²) in [7, 11) is 0. The molecule has 0 aliphatic heterocycles. The van der Waals surface area contributed by atoms with Crippen molar-refractivity contribution in [3.05, 3.63) is 229 Å². The predicted octanol–water partition coefficient (Wildman–Crippen LogP) is 31.7. The Labute approximate surface area is 720 Å². The van der Waals surface area contributed by atoms with E-state index in [1.807, 2.05) is 106 Å².